The Labute approximate surface area is 141 Å². The molecule has 0 aromatic heterocycles. The minimum Gasteiger partial charge on any atom is -0.491 e. The minimum absolute atomic E-state index is 0.133. The van der Waals surface area contributed by atoms with E-state index < -0.39 is 17.9 Å². The molecule has 1 amide bonds. The molecule has 2 unspecified atom stereocenters. The highest BCUT2D eigenvalue weighted by Crippen LogP contribution is 2.16. The molecule has 0 aliphatic carbocycles. The Morgan fingerprint density at radius 2 is 2.17 bits per heavy atom. The van der Waals surface area contributed by atoms with Gasteiger partial charge in [-0.25, -0.2) is 4.79 Å². The molecule has 1 aromatic rings. The van der Waals surface area contributed by atoms with Crippen LogP contribution in [0.3, 0.4) is 0 Å². The lowest BCUT2D eigenvalue weighted by Gasteiger charge is -2.14. The van der Waals surface area contributed by atoms with E-state index in [0.29, 0.717) is 30.8 Å². The van der Waals surface area contributed by atoms with Crippen molar-refractivity contribution in [1.29, 1.82) is 0 Å². The van der Waals surface area contributed by atoms with Crippen molar-refractivity contribution >= 4 is 11.9 Å². The SMILES string of the molecule is C=CCCC(NC(=O)c1ccc(OCC2CCCO2)cc1)C(=O)O. The number of amides is 1. The van der Waals surface area contributed by atoms with E-state index in [1.165, 1.54) is 0 Å². The second-order valence-electron chi connectivity index (χ2n) is 5.70. The molecule has 0 bridgehead atoms. The van der Waals surface area contributed by atoms with Crippen molar-refractivity contribution in [1.82, 2.24) is 5.32 Å². The molecule has 2 rings (SSSR count). The average Bonchev–Trinajstić information content (AvgIpc) is 3.10. The average molecular weight is 333 g/mol. The Balaban J connectivity index is 1.87. The van der Waals surface area contributed by atoms with Gasteiger partial charge in [0.05, 0.1) is 6.10 Å². The van der Waals surface area contributed by atoms with Gasteiger partial charge in [-0.2, -0.15) is 0 Å². The largest absolute Gasteiger partial charge is 0.491 e. The van der Waals surface area contributed by atoms with Crippen LogP contribution in [0.2, 0.25) is 0 Å². The fraction of sp³-hybridized carbons (Fsp3) is 0.444. The maximum Gasteiger partial charge on any atom is 0.326 e. The Morgan fingerprint density at radius 1 is 1.42 bits per heavy atom. The standard InChI is InChI=1S/C18H23NO5/c1-2-3-6-16(18(21)22)19-17(20)13-7-9-14(10-8-13)24-12-15-5-4-11-23-15/h2,7-10,15-16H,1,3-6,11-12H2,(H,19,20)(H,21,22). The Bertz CT molecular complexity index is 563. The smallest absolute Gasteiger partial charge is 0.326 e. The van der Waals surface area contributed by atoms with Crippen LogP contribution in [0.25, 0.3) is 0 Å². The number of carboxylic acid groups (broad SMARTS) is 1. The van der Waals surface area contributed by atoms with E-state index >= 15 is 0 Å². The first-order valence-electron chi connectivity index (χ1n) is 8.09. The van der Waals surface area contributed by atoms with Gasteiger partial charge < -0.3 is 19.9 Å². The Morgan fingerprint density at radius 3 is 2.75 bits per heavy atom. The molecule has 24 heavy (non-hydrogen) atoms. The fourth-order valence-electron chi connectivity index (χ4n) is 2.45. The molecule has 1 aliphatic rings. The summed E-state index contributed by atoms with van der Waals surface area (Å²) < 4.78 is 11.1. The molecule has 2 atom stereocenters. The van der Waals surface area contributed by atoms with Crippen LogP contribution in [0, 0.1) is 0 Å². The molecule has 130 valence electrons. The number of aliphatic carboxylic acids is 1. The van der Waals surface area contributed by atoms with Crippen molar-refractivity contribution in [3.8, 4) is 5.75 Å². The van der Waals surface area contributed by atoms with Crippen LogP contribution < -0.4 is 10.1 Å². The monoisotopic (exact) mass is 333 g/mol. The number of nitrogens with one attached hydrogen (secondary N) is 1. The molecular formula is C18H23NO5. The van der Waals surface area contributed by atoms with Gasteiger partial charge in [-0.05, 0) is 49.9 Å². The van der Waals surface area contributed by atoms with Crippen molar-refractivity contribution in [2.45, 2.75) is 37.8 Å². The van der Waals surface area contributed by atoms with Gasteiger partial charge in [0.2, 0.25) is 0 Å². The van der Waals surface area contributed by atoms with Gasteiger partial charge in [-0.15, -0.1) is 6.58 Å². The van der Waals surface area contributed by atoms with Crippen molar-refractivity contribution in [3.63, 3.8) is 0 Å². The van der Waals surface area contributed by atoms with Gasteiger partial charge in [-0.1, -0.05) is 6.08 Å². The number of allylic oxidation sites excluding steroid dienone is 1. The summed E-state index contributed by atoms with van der Waals surface area (Å²) in [5.74, 6) is -0.817. The summed E-state index contributed by atoms with van der Waals surface area (Å²) in [6.07, 6.45) is 4.66. The summed E-state index contributed by atoms with van der Waals surface area (Å²) >= 11 is 0. The molecule has 1 fully saturated rings. The van der Waals surface area contributed by atoms with E-state index in [2.05, 4.69) is 11.9 Å². The molecule has 0 saturated carbocycles. The van der Waals surface area contributed by atoms with Gasteiger partial charge in [0, 0.05) is 12.2 Å². The number of benzene rings is 1. The molecule has 0 spiro atoms. The third-order valence-corrected chi connectivity index (χ3v) is 3.84. The van der Waals surface area contributed by atoms with Crippen molar-refractivity contribution < 1.29 is 24.2 Å². The zero-order valence-corrected chi connectivity index (χ0v) is 13.6. The highest BCUT2D eigenvalue weighted by molar-refractivity contribution is 5.96. The lowest BCUT2D eigenvalue weighted by molar-refractivity contribution is -0.139. The molecule has 1 saturated heterocycles. The maximum atomic E-state index is 12.1. The van der Waals surface area contributed by atoms with Gasteiger partial charge in [0.1, 0.15) is 18.4 Å². The molecule has 1 heterocycles. The van der Waals surface area contributed by atoms with Crippen LogP contribution in [-0.4, -0.2) is 42.3 Å². The predicted octanol–water partition coefficient (Wildman–Crippen LogP) is 2.39. The molecular weight excluding hydrogens is 310 g/mol. The summed E-state index contributed by atoms with van der Waals surface area (Å²) in [6.45, 7) is 4.83. The Kier molecular flexibility index (Phi) is 6.81. The normalized spacial score (nSPS) is 17.9. The second-order valence-corrected chi connectivity index (χ2v) is 5.70. The fourth-order valence-corrected chi connectivity index (χ4v) is 2.45. The van der Waals surface area contributed by atoms with Gasteiger partial charge in [-0.3, -0.25) is 4.79 Å². The van der Waals surface area contributed by atoms with Gasteiger partial charge >= 0.3 is 5.97 Å². The van der Waals surface area contributed by atoms with E-state index in [1.54, 1.807) is 30.3 Å². The quantitative estimate of drug-likeness (QED) is 0.678. The van der Waals surface area contributed by atoms with E-state index in [9.17, 15) is 9.59 Å². The number of rotatable bonds is 9. The van der Waals surface area contributed by atoms with Crippen LogP contribution in [0.1, 0.15) is 36.0 Å². The molecule has 6 nitrogen and oxygen atoms in total. The molecule has 1 aromatic carbocycles. The number of hydrogen-bond acceptors (Lipinski definition) is 4. The van der Waals surface area contributed by atoms with Crippen molar-refractivity contribution in [2.24, 2.45) is 0 Å². The van der Waals surface area contributed by atoms with E-state index in [-0.39, 0.29) is 6.10 Å². The number of ether oxygens (including phenoxy) is 2. The molecule has 1 aliphatic heterocycles. The lowest BCUT2D eigenvalue weighted by Crippen LogP contribution is -2.40. The number of hydrogen-bond donors (Lipinski definition) is 2. The molecule has 6 heteroatoms. The van der Waals surface area contributed by atoms with E-state index in [4.69, 9.17) is 14.6 Å². The van der Waals surface area contributed by atoms with Gasteiger partial charge in [0.15, 0.2) is 0 Å². The first kappa shape index (κ1) is 18.0. The third-order valence-electron chi connectivity index (χ3n) is 3.84. The maximum absolute atomic E-state index is 12.1. The van der Waals surface area contributed by atoms with E-state index in [1.807, 2.05) is 0 Å². The number of carboxylic acids is 1. The van der Waals surface area contributed by atoms with Crippen LogP contribution >= 0.6 is 0 Å². The lowest BCUT2D eigenvalue weighted by atomic mass is 10.1. The summed E-state index contributed by atoms with van der Waals surface area (Å²) in [7, 11) is 0. The molecule has 0 radical (unpaired) electrons. The zero-order valence-electron chi connectivity index (χ0n) is 13.6. The van der Waals surface area contributed by atoms with Crippen molar-refractivity contribution in [2.75, 3.05) is 13.2 Å². The van der Waals surface area contributed by atoms with Gasteiger partial charge in [0.25, 0.3) is 5.91 Å². The summed E-state index contributed by atoms with van der Waals surface area (Å²) in [5, 5.41) is 11.6. The predicted molar refractivity (Wildman–Crippen MR) is 89.2 cm³/mol. The topological polar surface area (TPSA) is 84.9 Å². The summed E-state index contributed by atoms with van der Waals surface area (Å²) in [4.78, 5) is 23.3. The highest BCUT2D eigenvalue weighted by Gasteiger charge is 2.20. The Hall–Kier alpha value is -2.34. The second kappa shape index (κ2) is 9.08. The number of carbonyl (C=O) groups excluding carboxylic acids is 1. The third kappa shape index (κ3) is 5.38. The zero-order chi connectivity index (χ0) is 17.4. The molecule has 2 N–H and O–H groups in total. The first-order chi connectivity index (χ1) is 11.6. The summed E-state index contributed by atoms with van der Waals surface area (Å²) in [6, 6.07) is 5.71. The number of carbonyl (C=O) groups is 2. The highest BCUT2D eigenvalue weighted by atomic mass is 16.5. The van der Waals surface area contributed by atoms with Crippen LogP contribution in [0.15, 0.2) is 36.9 Å². The van der Waals surface area contributed by atoms with Crippen LogP contribution in [0.4, 0.5) is 0 Å². The van der Waals surface area contributed by atoms with Crippen molar-refractivity contribution in [3.05, 3.63) is 42.5 Å². The van der Waals surface area contributed by atoms with Crippen LogP contribution in [0.5, 0.6) is 5.75 Å². The first-order valence-corrected chi connectivity index (χ1v) is 8.09. The van der Waals surface area contributed by atoms with Crippen LogP contribution in [-0.2, 0) is 9.53 Å². The summed E-state index contributed by atoms with van der Waals surface area (Å²) in [5.41, 5.74) is 0.393. The van der Waals surface area contributed by atoms with E-state index in [0.717, 1.165) is 19.4 Å². The minimum atomic E-state index is -1.05.